The van der Waals surface area contributed by atoms with Crippen LogP contribution in [-0.2, 0) is 4.79 Å². The summed E-state index contributed by atoms with van der Waals surface area (Å²) in [5.41, 5.74) is 8.06. The molecule has 0 aliphatic rings. The molecular formula is C23H19N5O2S. The Kier molecular flexibility index (Phi) is 6.00. The van der Waals surface area contributed by atoms with Crippen molar-refractivity contribution in [1.29, 1.82) is 0 Å². The first-order chi connectivity index (χ1) is 15.1. The third kappa shape index (κ3) is 4.93. The molecule has 2 heterocycles. The van der Waals surface area contributed by atoms with E-state index in [1.807, 2.05) is 66.9 Å². The first-order valence-electron chi connectivity index (χ1n) is 9.51. The highest BCUT2D eigenvalue weighted by Gasteiger charge is 2.16. The molecule has 0 spiro atoms. The highest BCUT2D eigenvalue weighted by Crippen LogP contribution is 2.27. The summed E-state index contributed by atoms with van der Waals surface area (Å²) < 4.78 is 1.72. The van der Waals surface area contributed by atoms with Crippen molar-refractivity contribution in [2.24, 2.45) is 0 Å². The number of aryl methyl sites for hydroxylation is 1. The molecule has 2 aromatic heterocycles. The summed E-state index contributed by atoms with van der Waals surface area (Å²) in [7, 11) is 0. The number of aromatic nitrogens is 3. The maximum absolute atomic E-state index is 12.5. The van der Waals surface area contributed by atoms with Gasteiger partial charge < -0.3 is 0 Å². The minimum atomic E-state index is -0.453. The van der Waals surface area contributed by atoms with Crippen LogP contribution < -0.4 is 10.9 Å². The van der Waals surface area contributed by atoms with Crippen LogP contribution in [0.25, 0.3) is 22.3 Å². The largest absolute Gasteiger partial charge is 0.281 e. The van der Waals surface area contributed by atoms with E-state index in [4.69, 9.17) is 0 Å². The van der Waals surface area contributed by atoms with Gasteiger partial charge in [-0.1, -0.05) is 48.5 Å². The third-order valence-electron chi connectivity index (χ3n) is 4.37. The predicted molar refractivity (Wildman–Crippen MR) is 120 cm³/mol. The second-order valence-electron chi connectivity index (χ2n) is 6.63. The van der Waals surface area contributed by atoms with Gasteiger partial charge in [-0.2, -0.15) is 5.10 Å². The van der Waals surface area contributed by atoms with Gasteiger partial charge in [-0.3, -0.25) is 20.4 Å². The normalized spacial score (nSPS) is 10.9. The number of rotatable bonds is 5. The molecule has 154 valence electrons. The van der Waals surface area contributed by atoms with Gasteiger partial charge in [0, 0.05) is 23.4 Å². The van der Waals surface area contributed by atoms with Gasteiger partial charge in [-0.05, 0) is 25.1 Å². The van der Waals surface area contributed by atoms with Crippen LogP contribution in [0.3, 0.4) is 0 Å². The van der Waals surface area contributed by atoms with E-state index in [1.165, 1.54) is 17.4 Å². The van der Waals surface area contributed by atoms with E-state index in [0.717, 1.165) is 21.8 Å². The average molecular weight is 430 g/mol. The Hall–Kier alpha value is -4.04. The molecule has 2 amide bonds. The summed E-state index contributed by atoms with van der Waals surface area (Å²) >= 11 is 1.28. The van der Waals surface area contributed by atoms with Crippen LogP contribution >= 0.6 is 11.3 Å². The van der Waals surface area contributed by atoms with Crippen molar-refractivity contribution in [3.63, 3.8) is 0 Å². The second-order valence-corrected chi connectivity index (χ2v) is 7.63. The lowest BCUT2D eigenvalue weighted by Crippen LogP contribution is -2.40. The van der Waals surface area contributed by atoms with Crippen molar-refractivity contribution in [2.75, 3.05) is 0 Å². The molecule has 0 radical (unpaired) electrons. The molecular weight excluding hydrogens is 410 g/mol. The third-order valence-corrected chi connectivity index (χ3v) is 5.58. The van der Waals surface area contributed by atoms with Crippen molar-refractivity contribution in [2.45, 2.75) is 6.92 Å². The van der Waals surface area contributed by atoms with E-state index in [9.17, 15) is 9.59 Å². The Morgan fingerprint density at radius 3 is 2.45 bits per heavy atom. The SMILES string of the molecule is Cc1nc(-c2ccccc2)sc1C(=O)NNC(=O)/C=C/c1cnn(-c2ccccc2)c1. The van der Waals surface area contributed by atoms with E-state index in [2.05, 4.69) is 20.9 Å². The fourth-order valence-corrected chi connectivity index (χ4v) is 3.81. The average Bonchev–Trinajstić information content (AvgIpc) is 3.44. The Morgan fingerprint density at radius 2 is 1.71 bits per heavy atom. The van der Waals surface area contributed by atoms with Crippen LogP contribution in [0.4, 0.5) is 0 Å². The maximum Gasteiger partial charge on any atom is 0.281 e. The fourth-order valence-electron chi connectivity index (χ4n) is 2.84. The molecule has 2 N–H and O–H groups in total. The monoisotopic (exact) mass is 429 g/mol. The molecule has 8 heteroatoms. The van der Waals surface area contributed by atoms with Gasteiger partial charge in [0.1, 0.15) is 9.88 Å². The van der Waals surface area contributed by atoms with Gasteiger partial charge in [0.15, 0.2) is 0 Å². The molecule has 31 heavy (non-hydrogen) atoms. The summed E-state index contributed by atoms with van der Waals surface area (Å²) in [6.45, 7) is 1.77. The number of nitrogens with one attached hydrogen (secondary N) is 2. The molecule has 0 unspecified atom stereocenters. The van der Waals surface area contributed by atoms with Crippen LogP contribution in [-0.4, -0.2) is 26.6 Å². The van der Waals surface area contributed by atoms with Crippen molar-refractivity contribution >= 4 is 29.2 Å². The summed E-state index contributed by atoms with van der Waals surface area (Å²) in [6.07, 6.45) is 6.42. The topological polar surface area (TPSA) is 88.9 Å². The summed E-state index contributed by atoms with van der Waals surface area (Å²) in [5.74, 6) is -0.859. The van der Waals surface area contributed by atoms with Gasteiger partial charge in [0.25, 0.3) is 11.8 Å². The summed E-state index contributed by atoms with van der Waals surface area (Å²) in [6, 6.07) is 19.3. The van der Waals surface area contributed by atoms with Gasteiger partial charge in [-0.25, -0.2) is 9.67 Å². The van der Waals surface area contributed by atoms with Crippen molar-refractivity contribution in [3.05, 3.63) is 95.3 Å². The molecule has 4 rings (SSSR count). The number of para-hydroxylation sites is 1. The zero-order valence-electron chi connectivity index (χ0n) is 16.6. The van der Waals surface area contributed by atoms with E-state index in [0.29, 0.717) is 10.6 Å². The van der Waals surface area contributed by atoms with Crippen molar-refractivity contribution < 1.29 is 9.59 Å². The van der Waals surface area contributed by atoms with Crippen LogP contribution in [0.5, 0.6) is 0 Å². The Bertz CT molecular complexity index is 1230. The summed E-state index contributed by atoms with van der Waals surface area (Å²) in [4.78, 5) is 29.4. The maximum atomic E-state index is 12.5. The molecule has 7 nitrogen and oxygen atoms in total. The van der Waals surface area contributed by atoms with Crippen LogP contribution in [0.1, 0.15) is 20.9 Å². The molecule has 0 atom stereocenters. The lowest BCUT2D eigenvalue weighted by Gasteiger charge is -2.03. The number of thiazole rings is 1. The van der Waals surface area contributed by atoms with Crippen LogP contribution in [0.2, 0.25) is 0 Å². The van der Waals surface area contributed by atoms with Gasteiger partial charge in [-0.15, -0.1) is 11.3 Å². The quantitative estimate of drug-likeness (QED) is 0.373. The molecule has 0 saturated heterocycles. The van der Waals surface area contributed by atoms with E-state index in [-0.39, 0.29) is 0 Å². The van der Waals surface area contributed by atoms with E-state index >= 15 is 0 Å². The highest BCUT2D eigenvalue weighted by atomic mass is 32.1. The smallest absolute Gasteiger partial charge is 0.268 e. The number of hydrogen-bond acceptors (Lipinski definition) is 5. The standard InChI is InChI=1S/C23H19N5O2S/c1-16-21(31-23(25-16)18-8-4-2-5-9-18)22(30)27-26-20(29)13-12-17-14-24-28(15-17)19-10-6-3-7-11-19/h2-15H,1H3,(H,26,29)(H,27,30)/b13-12+. The predicted octanol–water partition coefficient (Wildman–Crippen LogP) is 3.78. The molecule has 0 bridgehead atoms. The molecule has 0 aliphatic heterocycles. The lowest BCUT2D eigenvalue weighted by atomic mass is 10.2. The highest BCUT2D eigenvalue weighted by molar-refractivity contribution is 7.17. The zero-order chi connectivity index (χ0) is 21.6. The van der Waals surface area contributed by atoms with Gasteiger partial charge >= 0.3 is 0 Å². The first-order valence-corrected chi connectivity index (χ1v) is 10.3. The van der Waals surface area contributed by atoms with Gasteiger partial charge in [0.2, 0.25) is 0 Å². The van der Waals surface area contributed by atoms with Crippen molar-refractivity contribution in [1.82, 2.24) is 25.6 Å². The second kappa shape index (κ2) is 9.19. The molecule has 0 fully saturated rings. The number of nitrogens with zero attached hydrogens (tertiary/aromatic N) is 3. The first kappa shape index (κ1) is 20.2. The van der Waals surface area contributed by atoms with E-state index in [1.54, 1.807) is 23.9 Å². The molecule has 0 aliphatic carbocycles. The number of amides is 2. The number of benzene rings is 2. The van der Waals surface area contributed by atoms with Crippen LogP contribution in [0, 0.1) is 6.92 Å². The molecule has 4 aromatic rings. The number of hydrogen-bond donors (Lipinski definition) is 2. The zero-order valence-corrected chi connectivity index (χ0v) is 17.5. The number of carbonyl (C=O) groups excluding carboxylic acids is 2. The summed E-state index contributed by atoms with van der Waals surface area (Å²) in [5, 5.41) is 5.03. The lowest BCUT2D eigenvalue weighted by molar-refractivity contribution is -0.117. The van der Waals surface area contributed by atoms with Crippen LogP contribution in [0.15, 0.2) is 79.1 Å². The molecule has 2 aromatic carbocycles. The van der Waals surface area contributed by atoms with E-state index < -0.39 is 11.8 Å². The number of hydrazine groups is 1. The minimum absolute atomic E-state index is 0.407. The Morgan fingerprint density at radius 1 is 1.00 bits per heavy atom. The molecule has 0 saturated carbocycles. The van der Waals surface area contributed by atoms with Crippen molar-refractivity contribution in [3.8, 4) is 16.3 Å². The van der Waals surface area contributed by atoms with Gasteiger partial charge in [0.05, 0.1) is 17.6 Å². The Labute approximate surface area is 183 Å². The Balaban J connectivity index is 1.34. The minimum Gasteiger partial charge on any atom is -0.268 e. The number of carbonyl (C=O) groups is 2. The fraction of sp³-hybridized carbons (Fsp3) is 0.0435.